The molecule has 0 unspecified atom stereocenters. The minimum atomic E-state index is -3.64. The lowest BCUT2D eigenvalue weighted by molar-refractivity contribution is 0.251. The van der Waals surface area contributed by atoms with E-state index in [4.69, 9.17) is 4.98 Å². The fourth-order valence-corrected chi connectivity index (χ4v) is 5.70. The average Bonchev–Trinajstić information content (AvgIpc) is 2.75. The Balaban J connectivity index is 1.83. The molecule has 0 saturated carbocycles. The third-order valence-electron chi connectivity index (χ3n) is 5.65. The Bertz CT molecular complexity index is 1160. The summed E-state index contributed by atoms with van der Waals surface area (Å²) in [5, 5.41) is 0. The molecule has 1 aromatic carbocycles. The summed E-state index contributed by atoms with van der Waals surface area (Å²) in [5.74, 6) is 0.638. The first-order valence-corrected chi connectivity index (χ1v) is 11.6. The molecule has 1 fully saturated rings. The number of aryl methyl sites for hydroxylation is 3. The van der Waals surface area contributed by atoms with E-state index in [1.807, 2.05) is 45.2 Å². The van der Waals surface area contributed by atoms with E-state index in [9.17, 15) is 8.42 Å². The zero-order chi connectivity index (χ0) is 21.3. The summed E-state index contributed by atoms with van der Waals surface area (Å²) in [5.41, 5.74) is 4.67. The smallest absolute Gasteiger partial charge is 0.243 e. The Labute approximate surface area is 178 Å². The molecule has 6 nitrogen and oxygen atoms in total. The number of sulfonamides is 1. The fraction of sp³-hybridized carbons (Fsp3) is 0.348. The number of nitrogens with zero attached hydrogens (tertiary/aromatic N) is 4. The van der Waals surface area contributed by atoms with E-state index in [1.54, 1.807) is 28.8 Å². The van der Waals surface area contributed by atoms with Gasteiger partial charge < -0.3 is 0 Å². The van der Waals surface area contributed by atoms with E-state index >= 15 is 0 Å². The summed E-state index contributed by atoms with van der Waals surface area (Å²) >= 11 is 0. The van der Waals surface area contributed by atoms with Gasteiger partial charge in [0.2, 0.25) is 10.0 Å². The van der Waals surface area contributed by atoms with Gasteiger partial charge in [-0.2, -0.15) is 4.31 Å². The fourth-order valence-electron chi connectivity index (χ4n) is 4.04. The molecule has 156 valence electrons. The largest absolute Gasteiger partial charge is 0.264 e. The molecule has 1 aliphatic heterocycles. The van der Waals surface area contributed by atoms with Gasteiger partial charge >= 0.3 is 0 Å². The van der Waals surface area contributed by atoms with Crippen molar-refractivity contribution in [2.75, 3.05) is 6.54 Å². The summed E-state index contributed by atoms with van der Waals surface area (Å²) < 4.78 is 28.7. The van der Waals surface area contributed by atoms with E-state index in [-0.39, 0.29) is 6.04 Å². The first-order valence-electron chi connectivity index (χ1n) is 10.2. The van der Waals surface area contributed by atoms with Crippen molar-refractivity contribution in [1.82, 2.24) is 19.3 Å². The predicted octanol–water partition coefficient (Wildman–Crippen LogP) is 4.38. The molecule has 4 rings (SSSR count). The van der Waals surface area contributed by atoms with Crippen molar-refractivity contribution < 1.29 is 8.42 Å². The zero-order valence-electron chi connectivity index (χ0n) is 17.5. The van der Waals surface area contributed by atoms with E-state index in [1.165, 1.54) is 0 Å². The van der Waals surface area contributed by atoms with Crippen LogP contribution >= 0.6 is 0 Å². The molecule has 0 spiro atoms. The number of piperidine rings is 1. The number of rotatable bonds is 4. The first kappa shape index (κ1) is 20.6. The molecular formula is C23H26N4O2S. The highest BCUT2D eigenvalue weighted by molar-refractivity contribution is 7.89. The van der Waals surface area contributed by atoms with Crippen molar-refractivity contribution in [3.63, 3.8) is 0 Å². The quantitative estimate of drug-likeness (QED) is 0.624. The van der Waals surface area contributed by atoms with Gasteiger partial charge in [0, 0.05) is 30.7 Å². The third-order valence-corrected chi connectivity index (χ3v) is 7.57. The van der Waals surface area contributed by atoms with Crippen molar-refractivity contribution in [1.29, 1.82) is 0 Å². The van der Waals surface area contributed by atoms with Crippen LogP contribution in [0.4, 0.5) is 0 Å². The molecule has 1 atom stereocenters. The first-order chi connectivity index (χ1) is 14.4. The normalized spacial score (nSPS) is 17.8. The second kappa shape index (κ2) is 8.24. The lowest BCUT2D eigenvalue weighted by atomic mass is 9.94. The summed E-state index contributed by atoms with van der Waals surface area (Å²) in [7, 11) is -3.64. The maximum Gasteiger partial charge on any atom is 0.243 e. The van der Waals surface area contributed by atoms with Crippen molar-refractivity contribution in [2.24, 2.45) is 0 Å². The standard InChI is InChI=1S/C23H26N4O2S/c1-16-7-9-19(10-8-16)30(28,29)27-13-5-4-6-22(27)23-21(15-25-18(3)26-23)20-11-12-24-14-17(20)2/h7-12,14-15,22H,4-6,13H2,1-3H3/t22-/m0/s1. The molecule has 0 aliphatic carbocycles. The van der Waals surface area contributed by atoms with Crippen molar-refractivity contribution in [3.05, 3.63) is 71.6 Å². The van der Waals surface area contributed by atoms with E-state index in [0.717, 1.165) is 47.2 Å². The van der Waals surface area contributed by atoms with Crippen LogP contribution in [0.15, 0.2) is 53.8 Å². The van der Waals surface area contributed by atoms with Crippen LogP contribution in [0.3, 0.4) is 0 Å². The summed E-state index contributed by atoms with van der Waals surface area (Å²) in [6.07, 6.45) is 7.90. The Morgan fingerprint density at radius 2 is 1.73 bits per heavy atom. The zero-order valence-corrected chi connectivity index (χ0v) is 18.4. The van der Waals surface area contributed by atoms with Crippen LogP contribution in [0.2, 0.25) is 0 Å². The maximum absolute atomic E-state index is 13.6. The van der Waals surface area contributed by atoms with E-state index in [2.05, 4.69) is 9.97 Å². The van der Waals surface area contributed by atoms with Gasteiger partial charge in [0.1, 0.15) is 5.82 Å². The highest BCUT2D eigenvalue weighted by Gasteiger charge is 2.36. The van der Waals surface area contributed by atoms with Gasteiger partial charge in [0.25, 0.3) is 0 Å². The van der Waals surface area contributed by atoms with Crippen LogP contribution < -0.4 is 0 Å². The molecule has 0 radical (unpaired) electrons. The molecule has 1 aliphatic rings. The Morgan fingerprint density at radius 3 is 2.47 bits per heavy atom. The molecule has 30 heavy (non-hydrogen) atoms. The number of hydrogen-bond acceptors (Lipinski definition) is 5. The van der Waals surface area contributed by atoms with Crippen LogP contribution in [0, 0.1) is 20.8 Å². The van der Waals surface area contributed by atoms with Gasteiger partial charge in [-0.25, -0.2) is 18.4 Å². The molecule has 7 heteroatoms. The summed E-state index contributed by atoms with van der Waals surface area (Å²) in [6.45, 7) is 6.27. The van der Waals surface area contributed by atoms with Crippen LogP contribution in [0.5, 0.6) is 0 Å². The number of hydrogen-bond donors (Lipinski definition) is 0. The SMILES string of the molecule is Cc1ccc(S(=O)(=O)N2CCCC[C@H]2c2nc(C)ncc2-c2ccncc2C)cc1. The lowest BCUT2D eigenvalue weighted by Gasteiger charge is -2.35. The molecular weight excluding hydrogens is 396 g/mol. The molecule has 3 aromatic rings. The van der Waals surface area contributed by atoms with Gasteiger partial charge in [0.15, 0.2) is 0 Å². The molecule has 0 amide bonds. The summed E-state index contributed by atoms with van der Waals surface area (Å²) in [6, 6.07) is 8.67. The molecule has 3 heterocycles. The summed E-state index contributed by atoms with van der Waals surface area (Å²) in [4.78, 5) is 13.7. The van der Waals surface area contributed by atoms with Crippen molar-refractivity contribution in [3.8, 4) is 11.1 Å². The molecule has 2 aromatic heterocycles. The van der Waals surface area contributed by atoms with Gasteiger partial charge in [-0.1, -0.05) is 24.1 Å². The third kappa shape index (κ3) is 3.87. The Hall–Kier alpha value is -2.64. The minimum absolute atomic E-state index is 0.325. The van der Waals surface area contributed by atoms with Gasteiger partial charge in [0.05, 0.1) is 16.6 Å². The van der Waals surface area contributed by atoms with Gasteiger partial charge in [-0.3, -0.25) is 4.98 Å². The van der Waals surface area contributed by atoms with E-state index < -0.39 is 10.0 Å². The Kier molecular flexibility index (Phi) is 5.66. The van der Waals surface area contributed by atoms with Crippen LogP contribution in [0.1, 0.15) is 47.9 Å². The predicted molar refractivity (Wildman–Crippen MR) is 116 cm³/mol. The van der Waals surface area contributed by atoms with Crippen molar-refractivity contribution >= 4 is 10.0 Å². The van der Waals surface area contributed by atoms with E-state index in [0.29, 0.717) is 17.3 Å². The van der Waals surface area contributed by atoms with Crippen LogP contribution in [0.25, 0.3) is 11.1 Å². The Morgan fingerprint density at radius 1 is 0.967 bits per heavy atom. The highest BCUT2D eigenvalue weighted by Crippen LogP contribution is 2.39. The van der Waals surface area contributed by atoms with Crippen molar-refractivity contribution in [2.45, 2.75) is 51.0 Å². The van der Waals surface area contributed by atoms with Crippen LogP contribution in [-0.2, 0) is 10.0 Å². The number of pyridine rings is 1. The minimum Gasteiger partial charge on any atom is -0.264 e. The highest BCUT2D eigenvalue weighted by atomic mass is 32.2. The van der Waals surface area contributed by atoms with Gasteiger partial charge in [-0.15, -0.1) is 0 Å². The topological polar surface area (TPSA) is 76.1 Å². The molecule has 0 N–H and O–H groups in total. The molecule has 1 saturated heterocycles. The number of aromatic nitrogens is 3. The lowest BCUT2D eigenvalue weighted by Crippen LogP contribution is -2.39. The average molecular weight is 423 g/mol. The maximum atomic E-state index is 13.6. The number of benzene rings is 1. The second-order valence-electron chi connectivity index (χ2n) is 7.85. The van der Waals surface area contributed by atoms with Crippen LogP contribution in [-0.4, -0.2) is 34.2 Å². The molecule has 0 bridgehead atoms. The monoisotopic (exact) mass is 422 g/mol. The van der Waals surface area contributed by atoms with Gasteiger partial charge in [-0.05, 0) is 62.9 Å². The second-order valence-corrected chi connectivity index (χ2v) is 9.74.